The molecule has 1 N–H and O–H groups in total. The fourth-order valence-electron chi connectivity index (χ4n) is 2.18. The Morgan fingerprint density at radius 3 is 2.18 bits per heavy atom. The van der Waals surface area contributed by atoms with Crippen LogP contribution in [0.25, 0.3) is 0 Å². The van der Waals surface area contributed by atoms with Gasteiger partial charge in [0, 0.05) is 16.6 Å². The predicted octanol–water partition coefficient (Wildman–Crippen LogP) is 4.40. The van der Waals surface area contributed by atoms with Crippen molar-refractivity contribution in [3.05, 3.63) is 34.3 Å². The molecular formula is C15H24BrN. The summed E-state index contributed by atoms with van der Waals surface area (Å²) < 4.78 is 1.15. The van der Waals surface area contributed by atoms with Gasteiger partial charge >= 0.3 is 0 Å². The van der Waals surface area contributed by atoms with Gasteiger partial charge in [-0.3, -0.25) is 0 Å². The van der Waals surface area contributed by atoms with Crippen LogP contribution in [0.15, 0.2) is 28.7 Å². The van der Waals surface area contributed by atoms with Crippen LogP contribution in [0.3, 0.4) is 0 Å². The Morgan fingerprint density at radius 2 is 1.71 bits per heavy atom. The van der Waals surface area contributed by atoms with Crippen molar-refractivity contribution in [3.63, 3.8) is 0 Å². The predicted molar refractivity (Wildman–Crippen MR) is 79.4 cm³/mol. The highest BCUT2D eigenvalue weighted by molar-refractivity contribution is 9.10. The molecule has 1 aromatic rings. The summed E-state index contributed by atoms with van der Waals surface area (Å²) in [4.78, 5) is 0. The molecule has 1 rings (SSSR count). The van der Waals surface area contributed by atoms with E-state index in [9.17, 15) is 0 Å². The molecule has 0 aliphatic rings. The Kier molecular flexibility index (Phi) is 6.21. The molecule has 0 heterocycles. The molecule has 2 atom stereocenters. The first-order chi connectivity index (χ1) is 8.02. The highest BCUT2D eigenvalue weighted by Crippen LogP contribution is 2.13. The van der Waals surface area contributed by atoms with Gasteiger partial charge in [-0.05, 0) is 43.4 Å². The number of benzene rings is 1. The van der Waals surface area contributed by atoms with E-state index in [0.29, 0.717) is 18.0 Å². The van der Waals surface area contributed by atoms with Gasteiger partial charge in [0.15, 0.2) is 0 Å². The molecule has 0 radical (unpaired) electrons. The van der Waals surface area contributed by atoms with Crippen LogP contribution in [-0.4, -0.2) is 12.1 Å². The topological polar surface area (TPSA) is 12.0 Å². The van der Waals surface area contributed by atoms with Crippen molar-refractivity contribution in [1.82, 2.24) is 5.32 Å². The van der Waals surface area contributed by atoms with Crippen molar-refractivity contribution in [2.45, 2.75) is 52.6 Å². The van der Waals surface area contributed by atoms with E-state index < -0.39 is 0 Å². The first kappa shape index (κ1) is 14.7. The van der Waals surface area contributed by atoms with Crippen LogP contribution >= 0.6 is 15.9 Å². The van der Waals surface area contributed by atoms with E-state index >= 15 is 0 Å². The molecule has 0 aromatic heterocycles. The zero-order chi connectivity index (χ0) is 12.8. The Morgan fingerprint density at radius 1 is 1.12 bits per heavy atom. The van der Waals surface area contributed by atoms with Crippen LogP contribution in [0.4, 0.5) is 0 Å². The van der Waals surface area contributed by atoms with E-state index in [1.807, 2.05) is 0 Å². The van der Waals surface area contributed by atoms with Gasteiger partial charge in [0.25, 0.3) is 0 Å². The smallest absolute Gasteiger partial charge is 0.0175 e. The summed E-state index contributed by atoms with van der Waals surface area (Å²) in [6.45, 7) is 9.10. The van der Waals surface area contributed by atoms with E-state index in [2.05, 4.69) is 73.2 Å². The van der Waals surface area contributed by atoms with Crippen LogP contribution in [0.5, 0.6) is 0 Å². The molecule has 0 fully saturated rings. The van der Waals surface area contributed by atoms with Crippen molar-refractivity contribution in [3.8, 4) is 0 Å². The number of hydrogen-bond acceptors (Lipinski definition) is 1. The fraction of sp³-hybridized carbons (Fsp3) is 0.600. The summed E-state index contributed by atoms with van der Waals surface area (Å²) in [5, 5.41) is 3.72. The zero-order valence-corrected chi connectivity index (χ0v) is 12.9. The van der Waals surface area contributed by atoms with Gasteiger partial charge in [0.1, 0.15) is 0 Å². The van der Waals surface area contributed by atoms with Gasteiger partial charge in [-0.2, -0.15) is 0 Å². The largest absolute Gasteiger partial charge is 0.311 e. The van der Waals surface area contributed by atoms with E-state index in [0.717, 1.165) is 10.9 Å². The summed E-state index contributed by atoms with van der Waals surface area (Å²) in [5.74, 6) is 0.701. The lowest BCUT2D eigenvalue weighted by atomic mass is 9.99. The monoisotopic (exact) mass is 297 g/mol. The number of halogens is 1. The highest BCUT2D eigenvalue weighted by Gasteiger charge is 2.13. The van der Waals surface area contributed by atoms with Crippen LogP contribution in [0.1, 0.15) is 39.7 Å². The molecule has 17 heavy (non-hydrogen) atoms. The zero-order valence-electron chi connectivity index (χ0n) is 11.3. The SMILES string of the molecule is CCC(NC(C)Cc1ccc(Br)cc1)C(C)C. The van der Waals surface area contributed by atoms with E-state index in [4.69, 9.17) is 0 Å². The maximum atomic E-state index is 3.72. The van der Waals surface area contributed by atoms with Crippen molar-refractivity contribution in [2.75, 3.05) is 0 Å². The van der Waals surface area contributed by atoms with Crippen molar-refractivity contribution >= 4 is 15.9 Å². The van der Waals surface area contributed by atoms with E-state index in [-0.39, 0.29) is 0 Å². The molecular weight excluding hydrogens is 274 g/mol. The van der Waals surface area contributed by atoms with Crippen molar-refractivity contribution in [1.29, 1.82) is 0 Å². The summed E-state index contributed by atoms with van der Waals surface area (Å²) in [6.07, 6.45) is 2.29. The summed E-state index contributed by atoms with van der Waals surface area (Å²) in [5.41, 5.74) is 1.40. The van der Waals surface area contributed by atoms with Gasteiger partial charge in [0.05, 0.1) is 0 Å². The Balaban J connectivity index is 2.48. The molecule has 0 bridgehead atoms. The Labute approximate surface area is 114 Å². The molecule has 0 spiro atoms. The molecule has 0 saturated carbocycles. The minimum Gasteiger partial charge on any atom is -0.311 e. The third-order valence-electron chi connectivity index (χ3n) is 3.20. The third-order valence-corrected chi connectivity index (χ3v) is 3.73. The standard InChI is InChI=1S/C15H24BrN/c1-5-15(11(2)3)17-12(4)10-13-6-8-14(16)9-7-13/h6-9,11-12,15,17H,5,10H2,1-4H3. The fourth-order valence-corrected chi connectivity index (χ4v) is 2.44. The molecule has 0 amide bonds. The van der Waals surface area contributed by atoms with Gasteiger partial charge in [-0.1, -0.05) is 48.8 Å². The maximum absolute atomic E-state index is 3.72. The number of rotatable bonds is 6. The number of nitrogens with one attached hydrogen (secondary N) is 1. The summed E-state index contributed by atoms with van der Waals surface area (Å²) in [7, 11) is 0. The molecule has 1 nitrogen and oxygen atoms in total. The molecule has 1 aromatic carbocycles. The first-order valence-electron chi connectivity index (χ1n) is 6.53. The average molecular weight is 298 g/mol. The van der Waals surface area contributed by atoms with Gasteiger partial charge in [-0.25, -0.2) is 0 Å². The first-order valence-corrected chi connectivity index (χ1v) is 7.32. The minimum absolute atomic E-state index is 0.531. The summed E-state index contributed by atoms with van der Waals surface area (Å²) in [6, 6.07) is 9.77. The van der Waals surface area contributed by atoms with Gasteiger partial charge in [0.2, 0.25) is 0 Å². The van der Waals surface area contributed by atoms with Gasteiger partial charge < -0.3 is 5.32 Å². The quantitative estimate of drug-likeness (QED) is 0.820. The normalized spacial score (nSPS) is 14.9. The van der Waals surface area contributed by atoms with Crippen molar-refractivity contribution in [2.24, 2.45) is 5.92 Å². The number of hydrogen-bond donors (Lipinski definition) is 1. The second kappa shape index (κ2) is 7.17. The molecule has 0 saturated heterocycles. The maximum Gasteiger partial charge on any atom is 0.0175 e. The van der Waals surface area contributed by atoms with E-state index in [1.165, 1.54) is 12.0 Å². The minimum atomic E-state index is 0.531. The molecule has 2 unspecified atom stereocenters. The lowest BCUT2D eigenvalue weighted by Crippen LogP contribution is -2.40. The average Bonchev–Trinajstić information content (AvgIpc) is 2.28. The Hall–Kier alpha value is -0.340. The highest BCUT2D eigenvalue weighted by atomic mass is 79.9. The Bertz CT molecular complexity index is 318. The second-order valence-corrected chi connectivity index (χ2v) is 6.07. The van der Waals surface area contributed by atoms with Crippen LogP contribution in [-0.2, 0) is 6.42 Å². The lowest BCUT2D eigenvalue weighted by molar-refractivity contribution is 0.351. The molecule has 96 valence electrons. The summed E-state index contributed by atoms with van der Waals surface area (Å²) >= 11 is 3.47. The van der Waals surface area contributed by atoms with Gasteiger partial charge in [-0.15, -0.1) is 0 Å². The van der Waals surface area contributed by atoms with Crippen molar-refractivity contribution < 1.29 is 0 Å². The van der Waals surface area contributed by atoms with Crippen LogP contribution in [0.2, 0.25) is 0 Å². The third kappa shape index (κ3) is 5.22. The molecule has 0 aliphatic heterocycles. The molecule has 2 heteroatoms. The van der Waals surface area contributed by atoms with Crippen LogP contribution in [0, 0.1) is 5.92 Å². The van der Waals surface area contributed by atoms with E-state index in [1.54, 1.807) is 0 Å². The van der Waals surface area contributed by atoms with Crippen LogP contribution < -0.4 is 5.32 Å². The molecule has 0 aliphatic carbocycles. The lowest BCUT2D eigenvalue weighted by Gasteiger charge is -2.25. The second-order valence-electron chi connectivity index (χ2n) is 5.16.